The fourth-order valence-electron chi connectivity index (χ4n) is 1.84. The van der Waals surface area contributed by atoms with Crippen molar-refractivity contribution in [3.05, 3.63) is 12.2 Å². The second-order valence-corrected chi connectivity index (χ2v) is 4.60. The van der Waals surface area contributed by atoms with Crippen LogP contribution >= 0.6 is 0 Å². The minimum Gasteiger partial charge on any atom is -0.271 e. The average molecular weight is 225 g/mol. The van der Waals surface area contributed by atoms with Crippen molar-refractivity contribution in [2.75, 3.05) is 0 Å². The Hall–Kier alpha value is -0.940. The Morgan fingerprint density at radius 3 is 2.81 bits per heavy atom. The largest absolute Gasteiger partial charge is 0.271 e. The van der Waals surface area contributed by atoms with E-state index >= 15 is 0 Å². The third-order valence-corrected chi connectivity index (χ3v) is 2.55. The third-order valence-electron chi connectivity index (χ3n) is 2.55. The van der Waals surface area contributed by atoms with E-state index in [1.165, 1.54) is 0 Å². The van der Waals surface area contributed by atoms with Crippen LogP contribution in [0, 0.1) is 5.92 Å². The van der Waals surface area contributed by atoms with Crippen LogP contribution in [0.15, 0.2) is 6.33 Å². The zero-order chi connectivity index (χ0) is 12.0. The van der Waals surface area contributed by atoms with Crippen molar-refractivity contribution in [1.29, 1.82) is 0 Å². The molecule has 5 heteroatoms. The van der Waals surface area contributed by atoms with Crippen LogP contribution in [0.5, 0.6) is 0 Å². The Labute approximate surface area is 97.4 Å². The van der Waals surface area contributed by atoms with Crippen molar-refractivity contribution in [3.8, 4) is 0 Å². The van der Waals surface area contributed by atoms with Gasteiger partial charge in [0.15, 0.2) is 0 Å². The quantitative estimate of drug-likeness (QED) is 0.539. The molecule has 92 valence electrons. The molecule has 1 aromatic rings. The number of nitrogens with one attached hydrogen (secondary N) is 1. The fourth-order valence-corrected chi connectivity index (χ4v) is 1.84. The van der Waals surface area contributed by atoms with E-state index in [1.807, 2.05) is 4.68 Å². The third kappa shape index (κ3) is 3.90. The number of nitrogens with zero attached hydrogens (tertiary/aromatic N) is 3. The number of hydrogen-bond acceptors (Lipinski definition) is 4. The summed E-state index contributed by atoms with van der Waals surface area (Å²) in [5.74, 6) is 7.20. The van der Waals surface area contributed by atoms with E-state index < -0.39 is 0 Å². The molecule has 0 spiro atoms. The Morgan fingerprint density at radius 1 is 1.50 bits per heavy atom. The van der Waals surface area contributed by atoms with Crippen molar-refractivity contribution < 1.29 is 0 Å². The van der Waals surface area contributed by atoms with E-state index in [0.29, 0.717) is 5.92 Å². The number of aryl methyl sites for hydroxylation is 1. The first-order valence-corrected chi connectivity index (χ1v) is 6.00. The molecule has 5 nitrogen and oxygen atoms in total. The highest BCUT2D eigenvalue weighted by atomic mass is 15.3. The van der Waals surface area contributed by atoms with Crippen molar-refractivity contribution in [2.24, 2.45) is 11.8 Å². The van der Waals surface area contributed by atoms with Crippen LogP contribution in [0.25, 0.3) is 0 Å². The molecule has 0 amide bonds. The Morgan fingerprint density at radius 2 is 2.25 bits per heavy atom. The molecule has 0 aromatic carbocycles. The first-order chi connectivity index (χ1) is 7.67. The zero-order valence-electron chi connectivity index (χ0n) is 10.5. The Kier molecular flexibility index (Phi) is 5.42. The van der Waals surface area contributed by atoms with E-state index in [4.69, 9.17) is 5.84 Å². The molecular weight excluding hydrogens is 202 g/mol. The monoisotopic (exact) mass is 225 g/mol. The number of hydrazine groups is 1. The summed E-state index contributed by atoms with van der Waals surface area (Å²) in [5, 5.41) is 4.21. The van der Waals surface area contributed by atoms with Gasteiger partial charge in [-0.05, 0) is 18.8 Å². The highest BCUT2D eigenvalue weighted by molar-refractivity contribution is 4.89. The molecule has 1 aromatic heterocycles. The molecule has 1 unspecified atom stereocenters. The molecule has 0 radical (unpaired) electrons. The highest BCUT2D eigenvalue weighted by Crippen LogP contribution is 2.09. The summed E-state index contributed by atoms with van der Waals surface area (Å²) in [7, 11) is 0. The van der Waals surface area contributed by atoms with Gasteiger partial charge in [-0.1, -0.05) is 20.8 Å². The topological polar surface area (TPSA) is 68.8 Å². The minimum atomic E-state index is 0.278. The van der Waals surface area contributed by atoms with Gasteiger partial charge in [0, 0.05) is 19.0 Å². The Balaban J connectivity index is 2.58. The van der Waals surface area contributed by atoms with Gasteiger partial charge in [-0.2, -0.15) is 5.10 Å². The van der Waals surface area contributed by atoms with Gasteiger partial charge in [-0.3, -0.25) is 16.0 Å². The zero-order valence-corrected chi connectivity index (χ0v) is 10.5. The maximum Gasteiger partial charge on any atom is 0.138 e. The van der Waals surface area contributed by atoms with Gasteiger partial charge in [0.05, 0.1) is 0 Å². The molecule has 3 N–H and O–H groups in total. The molecule has 0 fully saturated rings. The molecule has 1 rings (SSSR count). The maximum absolute atomic E-state index is 5.55. The first-order valence-electron chi connectivity index (χ1n) is 6.00. The molecule has 0 saturated carbocycles. The van der Waals surface area contributed by atoms with E-state index in [2.05, 4.69) is 36.3 Å². The van der Waals surface area contributed by atoms with Crippen molar-refractivity contribution in [2.45, 2.75) is 52.6 Å². The second kappa shape index (κ2) is 6.60. The lowest BCUT2D eigenvalue weighted by molar-refractivity contribution is 0.408. The minimum absolute atomic E-state index is 0.278. The molecule has 0 bridgehead atoms. The molecule has 16 heavy (non-hydrogen) atoms. The van der Waals surface area contributed by atoms with E-state index in [0.717, 1.165) is 31.6 Å². The summed E-state index contributed by atoms with van der Waals surface area (Å²) >= 11 is 0. The maximum atomic E-state index is 5.55. The van der Waals surface area contributed by atoms with E-state index in [1.54, 1.807) is 6.33 Å². The molecule has 1 atom stereocenters. The normalized spacial score (nSPS) is 13.3. The SMILES string of the molecule is CCCn1ncnc1CC(CC(C)C)NN. The van der Waals surface area contributed by atoms with Crippen LogP contribution in [0.4, 0.5) is 0 Å². The summed E-state index contributed by atoms with van der Waals surface area (Å²) in [6, 6.07) is 0.278. The van der Waals surface area contributed by atoms with Crippen molar-refractivity contribution in [3.63, 3.8) is 0 Å². The standard InChI is InChI=1S/C11H23N5/c1-4-5-16-11(13-8-14-16)7-10(15-12)6-9(2)3/h8-10,15H,4-7,12H2,1-3H3. The molecule has 0 aliphatic rings. The fraction of sp³-hybridized carbons (Fsp3) is 0.818. The number of hydrogen-bond donors (Lipinski definition) is 2. The second-order valence-electron chi connectivity index (χ2n) is 4.60. The van der Waals surface area contributed by atoms with Crippen LogP contribution in [0.1, 0.15) is 39.4 Å². The molecular formula is C11H23N5. The lowest BCUT2D eigenvalue weighted by Gasteiger charge is -2.17. The van der Waals surface area contributed by atoms with Crippen LogP contribution in [-0.2, 0) is 13.0 Å². The van der Waals surface area contributed by atoms with Crippen LogP contribution < -0.4 is 11.3 Å². The van der Waals surface area contributed by atoms with Crippen LogP contribution in [-0.4, -0.2) is 20.8 Å². The molecule has 0 aliphatic heterocycles. The van der Waals surface area contributed by atoms with E-state index in [9.17, 15) is 0 Å². The average Bonchev–Trinajstić information content (AvgIpc) is 2.65. The number of rotatable bonds is 7. The van der Waals surface area contributed by atoms with Gasteiger partial charge in [-0.15, -0.1) is 0 Å². The van der Waals surface area contributed by atoms with Crippen molar-refractivity contribution in [1.82, 2.24) is 20.2 Å². The van der Waals surface area contributed by atoms with Gasteiger partial charge in [0.1, 0.15) is 12.2 Å². The summed E-state index contributed by atoms with van der Waals surface area (Å²) in [6.45, 7) is 7.45. The smallest absolute Gasteiger partial charge is 0.138 e. The molecule has 0 aliphatic carbocycles. The Bertz CT molecular complexity index is 294. The van der Waals surface area contributed by atoms with Gasteiger partial charge >= 0.3 is 0 Å². The van der Waals surface area contributed by atoms with Crippen molar-refractivity contribution >= 4 is 0 Å². The lowest BCUT2D eigenvalue weighted by Crippen LogP contribution is -2.38. The van der Waals surface area contributed by atoms with E-state index in [-0.39, 0.29) is 6.04 Å². The predicted molar refractivity (Wildman–Crippen MR) is 64.6 cm³/mol. The summed E-state index contributed by atoms with van der Waals surface area (Å²) in [6.07, 6.45) is 4.58. The first kappa shape index (κ1) is 13.1. The number of aromatic nitrogens is 3. The highest BCUT2D eigenvalue weighted by Gasteiger charge is 2.13. The van der Waals surface area contributed by atoms with Gasteiger partial charge in [-0.25, -0.2) is 4.98 Å². The molecule has 0 saturated heterocycles. The van der Waals surface area contributed by atoms with Crippen LogP contribution in [0.2, 0.25) is 0 Å². The van der Waals surface area contributed by atoms with Gasteiger partial charge in [0.2, 0.25) is 0 Å². The summed E-state index contributed by atoms with van der Waals surface area (Å²) in [4.78, 5) is 4.29. The summed E-state index contributed by atoms with van der Waals surface area (Å²) < 4.78 is 1.96. The number of nitrogens with two attached hydrogens (primary N) is 1. The van der Waals surface area contributed by atoms with Crippen LogP contribution in [0.3, 0.4) is 0 Å². The van der Waals surface area contributed by atoms with Gasteiger partial charge in [0.25, 0.3) is 0 Å². The lowest BCUT2D eigenvalue weighted by atomic mass is 10.0. The summed E-state index contributed by atoms with van der Waals surface area (Å²) in [5.41, 5.74) is 2.86. The molecule has 1 heterocycles. The van der Waals surface area contributed by atoms with Gasteiger partial charge < -0.3 is 0 Å². The predicted octanol–water partition coefficient (Wildman–Crippen LogP) is 1.11.